The molecule has 344 valence electrons. The van der Waals surface area contributed by atoms with Gasteiger partial charge in [-0.05, 0) is 50.9 Å². The SMILES string of the molecule is CCCC(=O)O[C@H]1[C@@H](OC)[C@H](O[C@@H]2C[C@@H]3C[C@H](OC(C)=O)[C@@]4(O)C[C@H](C[C@H](OC(C)=O)[C@@H]5C[C@H](C)[C@H](C/C=C\C=C\[C@H](C)C[C@H](C2)O3)O5)OC4=O)O[C@@H](C)[C@H]1OC(=O)CCC. The lowest BCUT2D eigenvalue weighted by Crippen LogP contribution is -2.61. The summed E-state index contributed by atoms with van der Waals surface area (Å²) in [7, 11) is 1.44. The molecule has 16 nitrogen and oxygen atoms in total. The van der Waals surface area contributed by atoms with Crippen LogP contribution in [-0.4, -0.2) is 127 Å². The number of allylic oxidation sites excluding steroid dienone is 3. The van der Waals surface area contributed by atoms with E-state index >= 15 is 0 Å². The largest absolute Gasteiger partial charge is 0.460 e. The van der Waals surface area contributed by atoms with Gasteiger partial charge < -0.3 is 52.5 Å². The van der Waals surface area contributed by atoms with E-state index in [-0.39, 0.29) is 62.6 Å². The highest BCUT2D eigenvalue weighted by Crippen LogP contribution is 2.41. The van der Waals surface area contributed by atoms with Crippen LogP contribution in [0.4, 0.5) is 0 Å². The van der Waals surface area contributed by atoms with Crippen molar-refractivity contribution in [2.45, 2.75) is 211 Å². The van der Waals surface area contributed by atoms with E-state index in [2.05, 4.69) is 26.0 Å². The summed E-state index contributed by atoms with van der Waals surface area (Å²) < 4.78 is 61.0. The van der Waals surface area contributed by atoms with Gasteiger partial charge in [-0.15, -0.1) is 0 Å². The lowest BCUT2D eigenvalue weighted by molar-refractivity contribution is -0.319. The van der Waals surface area contributed by atoms with Gasteiger partial charge in [0.05, 0.1) is 36.6 Å². The Bertz CT molecular complexity index is 1560. The van der Waals surface area contributed by atoms with Crippen LogP contribution in [0.15, 0.2) is 24.3 Å². The first kappa shape index (κ1) is 48.6. The summed E-state index contributed by atoms with van der Waals surface area (Å²) in [5, 5.41) is 12.1. The Morgan fingerprint density at radius 3 is 2.05 bits per heavy atom. The number of rotatable bonds is 11. The third-order valence-corrected chi connectivity index (χ3v) is 12.2. The zero-order valence-electron chi connectivity index (χ0n) is 37.0. The molecule has 0 aromatic heterocycles. The zero-order valence-corrected chi connectivity index (χ0v) is 37.0. The van der Waals surface area contributed by atoms with E-state index in [1.54, 1.807) is 6.92 Å². The van der Waals surface area contributed by atoms with Crippen LogP contribution in [0, 0.1) is 11.8 Å². The fraction of sp³-hybridized carbons (Fsp3) is 0.800. The molecule has 5 aliphatic heterocycles. The van der Waals surface area contributed by atoms with Gasteiger partial charge in [0, 0.05) is 65.9 Å². The smallest absolute Gasteiger partial charge is 0.342 e. The van der Waals surface area contributed by atoms with E-state index in [1.165, 1.54) is 21.0 Å². The molecule has 1 N–H and O–H groups in total. The summed E-state index contributed by atoms with van der Waals surface area (Å²) in [4.78, 5) is 64.1. The first-order valence-electron chi connectivity index (χ1n) is 22.2. The molecule has 16 heteroatoms. The molecule has 5 heterocycles. The maximum atomic E-state index is 13.7. The zero-order chi connectivity index (χ0) is 44.4. The summed E-state index contributed by atoms with van der Waals surface area (Å²) in [5.41, 5.74) is -2.24. The second kappa shape index (κ2) is 22.3. The standard InChI is InChI=1S/C45H68O16/c1-9-14-38(48)60-40-27(5)53-43(42(52-8)41(40)61-39(49)15-10-2)57-31-20-30-18-25(3)16-12-11-13-17-34-26(4)19-35(59-34)36(54-28(6)46)22-33-24-45(51,44(50)58-33)37(55-29(7)47)23-32(21-31)56-30/h11-13,16,25-27,30-37,40-43,51H,9-10,14-15,17-24H2,1-8H3/b13-11-,16-12+/t25-,26-,27-,30+,31-,32+,33-,34-,35-,36-,37-,40+,41+,42+,43-,45-/m0/s1. The maximum absolute atomic E-state index is 13.7. The predicted octanol–water partition coefficient (Wildman–Crippen LogP) is 5.13. The average molecular weight is 865 g/mol. The molecule has 0 saturated carbocycles. The molecule has 16 atom stereocenters. The molecule has 0 amide bonds. The Morgan fingerprint density at radius 1 is 0.754 bits per heavy atom. The van der Waals surface area contributed by atoms with Gasteiger partial charge >= 0.3 is 29.8 Å². The normalized spacial score (nSPS) is 40.5. The molecule has 61 heavy (non-hydrogen) atoms. The first-order chi connectivity index (χ1) is 29.0. The van der Waals surface area contributed by atoms with Crippen LogP contribution in [-0.2, 0) is 71.3 Å². The highest BCUT2D eigenvalue weighted by Gasteiger charge is 2.57. The number of fused-ring (bicyclic) bond motifs is 6. The van der Waals surface area contributed by atoms with Crippen LogP contribution in [0.5, 0.6) is 0 Å². The lowest BCUT2D eigenvalue weighted by atomic mass is 9.85. The Labute approximate surface area is 359 Å². The van der Waals surface area contributed by atoms with Gasteiger partial charge in [0.15, 0.2) is 18.5 Å². The number of hydrogen-bond donors (Lipinski definition) is 1. The van der Waals surface area contributed by atoms with E-state index in [0.29, 0.717) is 38.5 Å². The molecule has 0 unspecified atom stereocenters. The molecule has 0 aliphatic carbocycles. The average Bonchev–Trinajstić information content (AvgIpc) is 3.69. The minimum Gasteiger partial charge on any atom is -0.460 e. The predicted molar refractivity (Wildman–Crippen MR) is 216 cm³/mol. The van der Waals surface area contributed by atoms with Gasteiger partial charge in [0.2, 0.25) is 5.60 Å². The van der Waals surface area contributed by atoms with Crippen molar-refractivity contribution in [2.24, 2.45) is 11.8 Å². The van der Waals surface area contributed by atoms with Crippen LogP contribution in [0.1, 0.15) is 126 Å². The van der Waals surface area contributed by atoms with E-state index in [4.69, 9.17) is 47.4 Å². The van der Waals surface area contributed by atoms with E-state index in [9.17, 15) is 29.1 Å². The topological polar surface area (TPSA) is 198 Å². The van der Waals surface area contributed by atoms with Crippen LogP contribution >= 0.6 is 0 Å². The highest BCUT2D eigenvalue weighted by molar-refractivity contribution is 5.83. The second-order valence-electron chi connectivity index (χ2n) is 17.5. The summed E-state index contributed by atoms with van der Waals surface area (Å²) in [6, 6.07) is 0. The van der Waals surface area contributed by atoms with Crippen LogP contribution in [0.3, 0.4) is 0 Å². The maximum Gasteiger partial charge on any atom is 0.342 e. The molecule has 0 spiro atoms. The number of ether oxygens (including phenoxy) is 10. The highest BCUT2D eigenvalue weighted by atomic mass is 16.7. The number of carbonyl (C=O) groups excluding carboxylic acids is 5. The van der Waals surface area contributed by atoms with Crippen LogP contribution < -0.4 is 0 Å². The molecule has 4 saturated heterocycles. The minimum atomic E-state index is -2.24. The van der Waals surface area contributed by atoms with Gasteiger partial charge in [-0.2, -0.15) is 0 Å². The molecule has 5 aliphatic rings. The van der Waals surface area contributed by atoms with Crippen molar-refractivity contribution in [3.8, 4) is 0 Å². The molecular formula is C45H68O16. The Morgan fingerprint density at radius 2 is 1.41 bits per heavy atom. The Balaban J connectivity index is 1.43. The first-order valence-corrected chi connectivity index (χ1v) is 22.2. The third-order valence-electron chi connectivity index (χ3n) is 12.2. The molecule has 0 radical (unpaired) electrons. The monoisotopic (exact) mass is 864 g/mol. The quantitative estimate of drug-likeness (QED) is 0.212. The van der Waals surface area contributed by atoms with E-state index in [1.807, 2.05) is 26.0 Å². The van der Waals surface area contributed by atoms with Crippen LogP contribution in [0.25, 0.3) is 0 Å². The van der Waals surface area contributed by atoms with Gasteiger partial charge in [0.25, 0.3) is 0 Å². The van der Waals surface area contributed by atoms with Gasteiger partial charge in [0.1, 0.15) is 24.4 Å². The van der Waals surface area contributed by atoms with Crippen molar-refractivity contribution in [2.75, 3.05) is 7.11 Å². The van der Waals surface area contributed by atoms with E-state index < -0.39 is 103 Å². The van der Waals surface area contributed by atoms with Crippen molar-refractivity contribution in [3.05, 3.63) is 24.3 Å². The van der Waals surface area contributed by atoms with Crippen LogP contribution in [0.2, 0.25) is 0 Å². The van der Waals surface area contributed by atoms with Crippen molar-refractivity contribution in [3.63, 3.8) is 0 Å². The number of aliphatic hydroxyl groups is 1. The van der Waals surface area contributed by atoms with Crippen molar-refractivity contribution >= 4 is 29.8 Å². The third kappa shape index (κ3) is 13.1. The van der Waals surface area contributed by atoms with E-state index in [0.717, 1.165) is 0 Å². The number of carbonyl (C=O) groups is 5. The van der Waals surface area contributed by atoms with Crippen molar-refractivity contribution < 1.29 is 76.4 Å². The number of hydrogen-bond acceptors (Lipinski definition) is 16. The molecule has 5 rings (SSSR count). The van der Waals surface area contributed by atoms with Crippen molar-refractivity contribution in [1.29, 1.82) is 0 Å². The second-order valence-corrected chi connectivity index (χ2v) is 17.5. The molecule has 0 aromatic carbocycles. The number of esters is 5. The fourth-order valence-electron chi connectivity index (χ4n) is 9.27. The lowest BCUT2D eigenvalue weighted by Gasteiger charge is -2.46. The van der Waals surface area contributed by atoms with Gasteiger partial charge in [-0.25, -0.2) is 4.79 Å². The summed E-state index contributed by atoms with van der Waals surface area (Å²) in [6.45, 7) is 12.1. The Hall–Kier alpha value is -3.41. The molecule has 6 bridgehead atoms. The molecule has 0 aromatic rings. The fourth-order valence-corrected chi connectivity index (χ4v) is 9.27. The molecular weight excluding hydrogens is 796 g/mol. The number of methoxy groups -OCH3 is 1. The van der Waals surface area contributed by atoms with Crippen molar-refractivity contribution in [1.82, 2.24) is 0 Å². The Kier molecular flexibility index (Phi) is 17.8. The summed E-state index contributed by atoms with van der Waals surface area (Å²) in [6.07, 6.45) is 1.93. The minimum absolute atomic E-state index is 0.0489. The summed E-state index contributed by atoms with van der Waals surface area (Å²) in [5.74, 6) is -2.88. The molecule has 4 fully saturated rings. The van der Waals surface area contributed by atoms with Gasteiger partial charge in [-0.1, -0.05) is 52.0 Å². The van der Waals surface area contributed by atoms with Gasteiger partial charge in [-0.3, -0.25) is 19.2 Å². The summed E-state index contributed by atoms with van der Waals surface area (Å²) >= 11 is 0.